The number of hydrogen-bond acceptors (Lipinski definition) is 1. The van der Waals surface area contributed by atoms with Gasteiger partial charge in [0.15, 0.2) is 7.85 Å². The molecular weight excluding hydrogens is 315 g/mol. The fourth-order valence-electron chi connectivity index (χ4n) is 4.73. The third-order valence-electron chi connectivity index (χ3n) is 5.96. The topological polar surface area (TPSA) is 9.23 Å². The molecule has 1 aliphatic carbocycles. The van der Waals surface area contributed by atoms with Gasteiger partial charge in [0.2, 0.25) is 0 Å². The van der Waals surface area contributed by atoms with Crippen molar-refractivity contribution >= 4 is 24.7 Å². The van der Waals surface area contributed by atoms with Crippen LogP contribution in [-0.4, -0.2) is 13.3 Å². The van der Waals surface area contributed by atoms with E-state index in [0.717, 1.165) is 5.75 Å². The van der Waals surface area contributed by atoms with Crippen LogP contribution in [0, 0.1) is 6.92 Å². The number of aryl methyl sites for hydroxylation is 1. The Bertz CT molecular complexity index is 1120. The summed E-state index contributed by atoms with van der Waals surface area (Å²) in [6, 6.07) is 15.6. The van der Waals surface area contributed by atoms with Crippen molar-refractivity contribution in [2.75, 3.05) is 0 Å². The van der Waals surface area contributed by atoms with Gasteiger partial charge in [0.25, 0.3) is 0 Å². The number of ether oxygens (including phenoxy) is 1. The van der Waals surface area contributed by atoms with Crippen molar-refractivity contribution < 1.29 is 4.74 Å². The zero-order chi connectivity index (χ0) is 18.3. The summed E-state index contributed by atoms with van der Waals surface area (Å²) in [6.45, 7) is 9.00. The molecule has 128 valence electrons. The van der Waals surface area contributed by atoms with E-state index in [1.807, 2.05) is 0 Å². The molecule has 0 bridgehead atoms. The second-order valence-electron chi connectivity index (χ2n) is 8.75. The van der Waals surface area contributed by atoms with Gasteiger partial charge in [-0.05, 0) is 47.6 Å². The molecule has 3 aromatic carbocycles. The fourth-order valence-corrected chi connectivity index (χ4v) is 4.73. The lowest BCUT2D eigenvalue weighted by atomic mass is 9.76. The molecule has 0 saturated heterocycles. The van der Waals surface area contributed by atoms with Gasteiger partial charge in [0, 0.05) is 16.4 Å². The molecule has 0 aromatic heterocycles. The van der Waals surface area contributed by atoms with Crippen molar-refractivity contribution in [3.63, 3.8) is 0 Å². The molecule has 0 N–H and O–H groups in total. The summed E-state index contributed by atoms with van der Waals surface area (Å²) in [5, 5.41) is 2.51. The van der Waals surface area contributed by atoms with Crippen molar-refractivity contribution in [1.82, 2.24) is 0 Å². The summed E-state index contributed by atoms with van der Waals surface area (Å²) < 4.78 is 6.49. The Hall–Kier alpha value is -2.48. The third kappa shape index (κ3) is 1.93. The molecule has 0 radical (unpaired) electrons. The van der Waals surface area contributed by atoms with Crippen LogP contribution in [0.15, 0.2) is 48.5 Å². The minimum atomic E-state index is -0.282. The molecule has 0 fully saturated rings. The molecule has 1 heterocycles. The Labute approximate surface area is 156 Å². The Morgan fingerprint density at radius 1 is 0.962 bits per heavy atom. The minimum absolute atomic E-state index is 0.0417. The molecule has 26 heavy (non-hydrogen) atoms. The van der Waals surface area contributed by atoms with Gasteiger partial charge in [0.1, 0.15) is 5.75 Å². The summed E-state index contributed by atoms with van der Waals surface area (Å²) in [5.74, 6) is 1.03. The van der Waals surface area contributed by atoms with Gasteiger partial charge in [-0.25, -0.2) is 0 Å². The molecule has 1 nitrogen and oxygen atoms in total. The van der Waals surface area contributed by atoms with Gasteiger partial charge in [-0.3, -0.25) is 0 Å². The third-order valence-corrected chi connectivity index (χ3v) is 5.96. The predicted molar refractivity (Wildman–Crippen MR) is 113 cm³/mol. The number of benzene rings is 3. The van der Waals surface area contributed by atoms with E-state index in [0.29, 0.717) is 0 Å². The predicted octanol–water partition coefficient (Wildman–Crippen LogP) is 5.21. The summed E-state index contributed by atoms with van der Waals surface area (Å²) in [4.78, 5) is 0. The zero-order valence-electron chi connectivity index (χ0n) is 16.1. The van der Waals surface area contributed by atoms with Crippen LogP contribution < -0.4 is 4.74 Å². The van der Waals surface area contributed by atoms with Gasteiger partial charge in [-0.15, -0.1) is 0 Å². The van der Waals surface area contributed by atoms with E-state index in [1.165, 1.54) is 44.2 Å². The van der Waals surface area contributed by atoms with Crippen molar-refractivity contribution in [1.29, 1.82) is 0 Å². The fraction of sp³-hybridized carbons (Fsp3) is 0.250. The van der Waals surface area contributed by atoms with E-state index in [4.69, 9.17) is 4.74 Å². The van der Waals surface area contributed by atoms with Crippen LogP contribution in [0.4, 0.5) is 0 Å². The van der Waals surface area contributed by atoms with Gasteiger partial charge in [-0.1, -0.05) is 68.0 Å². The van der Waals surface area contributed by atoms with Crippen LogP contribution in [0.5, 0.6) is 5.75 Å². The Morgan fingerprint density at radius 3 is 2.46 bits per heavy atom. The lowest BCUT2D eigenvalue weighted by Gasteiger charge is -2.33. The maximum atomic E-state index is 6.49. The maximum Gasteiger partial charge on any atom is 0.163 e. The molecule has 1 atom stereocenters. The highest BCUT2D eigenvalue weighted by Gasteiger charge is 2.41. The van der Waals surface area contributed by atoms with Gasteiger partial charge in [-0.2, -0.15) is 0 Å². The first-order valence-corrected chi connectivity index (χ1v) is 9.38. The average Bonchev–Trinajstić information content (AvgIpc) is 2.82. The number of fused-ring (bicyclic) bond motifs is 8. The van der Waals surface area contributed by atoms with Crippen LogP contribution in [0.25, 0.3) is 28.0 Å². The molecule has 0 spiro atoms. The minimum Gasteiger partial charge on any atom is -0.492 e. The van der Waals surface area contributed by atoms with E-state index in [2.05, 4.69) is 90.2 Å². The average molecular weight is 338 g/mol. The SMILES string of the molecule is BC1(C)C=Cc2c3c(c4ccccc4c2O1)-c1ccc(C)cc1C3(C)C. The Balaban J connectivity index is 1.99. The lowest BCUT2D eigenvalue weighted by molar-refractivity contribution is 0.226. The molecule has 2 aliphatic rings. The van der Waals surface area contributed by atoms with Crippen LogP contribution in [0.3, 0.4) is 0 Å². The first-order valence-electron chi connectivity index (χ1n) is 9.38. The molecular formula is C24H23BO. The van der Waals surface area contributed by atoms with E-state index in [-0.39, 0.29) is 10.9 Å². The van der Waals surface area contributed by atoms with Gasteiger partial charge >= 0.3 is 0 Å². The highest BCUT2D eigenvalue weighted by Crippen LogP contribution is 2.56. The van der Waals surface area contributed by atoms with Crippen molar-refractivity contribution in [3.8, 4) is 16.9 Å². The Morgan fingerprint density at radius 2 is 1.69 bits per heavy atom. The molecule has 2 heteroatoms. The van der Waals surface area contributed by atoms with E-state index in [1.54, 1.807) is 0 Å². The van der Waals surface area contributed by atoms with Crippen LogP contribution in [0.1, 0.15) is 43.0 Å². The zero-order valence-corrected chi connectivity index (χ0v) is 16.1. The van der Waals surface area contributed by atoms with Crippen LogP contribution in [0.2, 0.25) is 0 Å². The first kappa shape index (κ1) is 15.8. The van der Waals surface area contributed by atoms with E-state index >= 15 is 0 Å². The summed E-state index contributed by atoms with van der Waals surface area (Å²) in [6.07, 6.45) is 4.47. The van der Waals surface area contributed by atoms with Crippen LogP contribution in [-0.2, 0) is 5.41 Å². The second-order valence-corrected chi connectivity index (χ2v) is 8.75. The van der Waals surface area contributed by atoms with Crippen molar-refractivity contribution in [2.24, 2.45) is 0 Å². The molecule has 1 aliphatic heterocycles. The number of rotatable bonds is 0. The van der Waals surface area contributed by atoms with Crippen molar-refractivity contribution in [3.05, 3.63) is 70.8 Å². The summed E-state index contributed by atoms with van der Waals surface area (Å²) in [7, 11) is 2.12. The number of hydrogen-bond donors (Lipinski definition) is 0. The summed E-state index contributed by atoms with van der Waals surface area (Å²) in [5.41, 5.74) is 7.81. The van der Waals surface area contributed by atoms with Crippen LogP contribution >= 0.6 is 0 Å². The highest BCUT2D eigenvalue weighted by atomic mass is 16.5. The van der Waals surface area contributed by atoms with E-state index < -0.39 is 0 Å². The van der Waals surface area contributed by atoms with Gasteiger partial charge in [0.05, 0.1) is 5.50 Å². The quantitative estimate of drug-likeness (QED) is 0.511. The monoisotopic (exact) mass is 338 g/mol. The molecule has 3 aromatic rings. The summed E-state index contributed by atoms with van der Waals surface area (Å²) >= 11 is 0. The molecule has 0 amide bonds. The van der Waals surface area contributed by atoms with E-state index in [9.17, 15) is 0 Å². The first-order chi connectivity index (χ1) is 12.3. The normalized spacial score (nSPS) is 21.8. The highest BCUT2D eigenvalue weighted by molar-refractivity contribution is 6.17. The largest absolute Gasteiger partial charge is 0.492 e. The molecule has 5 rings (SSSR count). The smallest absolute Gasteiger partial charge is 0.163 e. The molecule has 0 saturated carbocycles. The maximum absolute atomic E-state index is 6.49. The standard InChI is InChI=1S/C24H23BO/c1-14-9-10-17-19(13-14)23(2,3)21-18-11-12-24(4,25)26-22(18)16-8-6-5-7-15(16)20(17)21/h5-13H,25H2,1-4H3. The lowest BCUT2D eigenvalue weighted by Crippen LogP contribution is -2.33. The van der Waals surface area contributed by atoms with Gasteiger partial charge < -0.3 is 4.74 Å². The Kier molecular flexibility index (Phi) is 2.92. The second kappa shape index (κ2) is 4.82. The molecule has 1 unspecified atom stereocenters. The van der Waals surface area contributed by atoms with Crippen molar-refractivity contribution in [2.45, 2.75) is 38.6 Å².